The largest absolute Gasteiger partial charge is 0.494 e. The Morgan fingerprint density at radius 3 is 2.67 bits per heavy atom. The maximum absolute atomic E-state index is 8.78. The smallest absolute Gasteiger partial charge is 0.119 e. The molecule has 0 heterocycles. The number of aliphatic hydroxyl groups is 1. The predicted octanol–water partition coefficient (Wildman–Crippen LogP) is 1.98. The van der Waals surface area contributed by atoms with Gasteiger partial charge in [0.2, 0.25) is 0 Å². The zero-order valence-electron chi connectivity index (χ0n) is 8.60. The molecule has 1 rings (SSSR count). The van der Waals surface area contributed by atoms with Gasteiger partial charge in [-0.05, 0) is 25.0 Å². The molecule has 3 heteroatoms. The first kappa shape index (κ1) is 11.5. The zero-order chi connectivity index (χ0) is 10.9. The van der Waals surface area contributed by atoms with Crippen LogP contribution >= 0.6 is 0 Å². The Morgan fingerprint density at radius 2 is 2.07 bits per heavy atom. The van der Waals surface area contributed by atoms with Gasteiger partial charge in [-0.3, -0.25) is 0 Å². The van der Waals surface area contributed by atoms with E-state index in [0.717, 1.165) is 12.2 Å². The van der Waals surface area contributed by atoms with E-state index in [-0.39, 0.29) is 12.5 Å². The Hall–Kier alpha value is -1.53. The van der Waals surface area contributed by atoms with E-state index in [1.807, 2.05) is 36.4 Å². The molecule has 3 nitrogen and oxygen atoms in total. The van der Waals surface area contributed by atoms with Crippen molar-refractivity contribution in [3.63, 3.8) is 0 Å². The van der Waals surface area contributed by atoms with Crippen molar-refractivity contribution in [2.24, 2.45) is 5.92 Å². The number of hydrogen-bond acceptors (Lipinski definition) is 3. The fraction of sp³-hybridized carbons (Fsp3) is 0.417. The number of para-hydroxylation sites is 1. The Kier molecular flexibility index (Phi) is 5.28. The maximum Gasteiger partial charge on any atom is 0.119 e. The average molecular weight is 205 g/mol. The summed E-state index contributed by atoms with van der Waals surface area (Å²) in [6.07, 6.45) is 1.47. The highest BCUT2D eigenvalue weighted by atomic mass is 16.5. The minimum atomic E-state index is -0.260. The number of nitrogens with zero attached hydrogens (tertiary/aromatic N) is 1. The van der Waals surface area contributed by atoms with Crippen LogP contribution in [-0.2, 0) is 0 Å². The third-order valence-electron chi connectivity index (χ3n) is 2.11. The molecule has 0 saturated carbocycles. The molecule has 0 aromatic heterocycles. The summed E-state index contributed by atoms with van der Waals surface area (Å²) in [7, 11) is 0. The van der Waals surface area contributed by atoms with Crippen LogP contribution in [0.4, 0.5) is 0 Å². The van der Waals surface area contributed by atoms with Crippen LogP contribution in [0.15, 0.2) is 30.3 Å². The summed E-state index contributed by atoms with van der Waals surface area (Å²) in [5.74, 6) is 0.583. The molecule has 1 atom stereocenters. The number of hydrogen-bond donors (Lipinski definition) is 1. The zero-order valence-corrected chi connectivity index (χ0v) is 8.60. The lowest BCUT2D eigenvalue weighted by Gasteiger charge is -2.07. The van der Waals surface area contributed by atoms with Crippen molar-refractivity contribution < 1.29 is 9.84 Å². The fourth-order valence-electron chi connectivity index (χ4n) is 1.23. The molecular weight excluding hydrogens is 190 g/mol. The third kappa shape index (κ3) is 4.48. The summed E-state index contributed by atoms with van der Waals surface area (Å²) < 4.78 is 5.45. The van der Waals surface area contributed by atoms with E-state index in [1.165, 1.54) is 0 Å². The molecule has 0 saturated heterocycles. The number of rotatable bonds is 6. The first-order valence-corrected chi connectivity index (χ1v) is 5.05. The van der Waals surface area contributed by atoms with Crippen LogP contribution in [0.3, 0.4) is 0 Å². The van der Waals surface area contributed by atoms with Crippen molar-refractivity contribution in [2.75, 3.05) is 13.2 Å². The van der Waals surface area contributed by atoms with Gasteiger partial charge in [0.25, 0.3) is 0 Å². The van der Waals surface area contributed by atoms with Crippen LogP contribution in [0.2, 0.25) is 0 Å². The van der Waals surface area contributed by atoms with Gasteiger partial charge in [0.05, 0.1) is 25.2 Å². The third-order valence-corrected chi connectivity index (χ3v) is 2.11. The van der Waals surface area contributed by atoms with Gasteiger partial charge in [0, 0.05) is 0 Å². The summed E-state index contributed by atoms with van der Waals surface area (Å²) in [6, 6.07) is 11.6. The Bertz CT molecular complexity index is 305. The van der Waals surface area contributed by atoms with Gasteiger partial charge in [0.15, 0.2) is 0 Å². The van der Waals surface area contributed by atoms with Crippen LogP contribution in [-0.4, -0.2) is 18.3 Å². The van der Waals surface area contributed by atoms with Crippen molar-refractivity contribution in [2.45, 2.75) is 12.8 Å². The minimum Gasteiger partial charge on any atom is -0.494 e. The van der Waals surface area contributed by atoms with Crippen molar-refractivity contribution in [3.05, 3.63) is 30.3 Å². The molecule has 1 aromatic rings. The molecule has 0 aliphatic rings. The molecule has 1 N–H and O–H groups in total. The van der Waals surface area contributed by atoms with Gasteiger partial charge in [-0.15, -0.1) is 0 Å². The van der Waals surface area contributed by atoms with E-state index in [4.69, 9.17) is 15.1 Å². The van der Waals surface area contributed by atoms with Gasteiger partial charge < -0.3 is 9.84 Å². The Labute approximate surface area is 89.9 Å². The molecule has 0 aliphatic heterocycles. The molecule has 15 heavy (non-hydrogen) atoms. The first-order chi connectivity index (χ1) is 7.36. The number of aliphatic hydroxyl groups excluding tert-OH is 1. The summed E-state index contributed by atoms with van der Waals surface area (Å²) in [6.45, 7) is 0.518. The predicted molar refractivity (Wildman–Crippen MR) is 57.4 cm³/mol. The van der Waals surface area contributed by atoms with Gasteiger partial charge in [-0.25, -0.2) is 0 Å². The lowest BCUT2D eigenvalue weighted by molar-refractivity contribution is 0.234. The second-order valence-corrected chi connectivity index (χ2v) is 3.31. The van der Waals surface area contributed by atoms with E-state index in [2.05, 4.69) is 0 Å². The van der Waals surface area contributed by atoms with Gasteiger partial charge in [0.1, 0.15) is 5.75 Å². The van der Waals surface area contributed by atoms with Crippen LogP contribution in [0, 0.1) is 17.2 Å². The van der Waals surface area contributed by atoms with E-state index >= 15 is 0 Å². The van der Waals surface area contributed by atoms with E-state index in [9.17, 15) is 0 Å². The highest BCUT2D eigenvalue weighted by Crippen LogP contribution is 2.10. The summed E-state index contributed by atoms with van der Waals surface area (Å²) >= 11 is 0. The number of benzene rings is 1. The van der Waals surface area contributed by atoms with Crippen molar-refractivity contribution in [1.82, 2.24) is 0 Å². The summed E-state index contributed by atoms with van der Waals surface area (Å²) in [5, 5.41) is 17.4. The molecule has 0 fully saturated rings. The molecule has 1 unspecified atom stereocenters. The van der Waals surface area contributed by atoms with Crippen LogP contribution in [0.25, 0.3) is 0 Å². The molecule has 0 aliphatic carbocycles. The molecular formula is C12H15NO2. The molecule has 0 spiro atoms. The summed E-state index contributed by atoms with van der Waals surface area (Å²) in [4.78, 5) is 0. The topological polar surface area (TPSA) is 53.2 Å². The van der Waals surface area contributed by atoms with Crippen LogP contribution in [0.1, 0.15) is 12.8 Å². The lowest BCUT2D eigenvalue weighted by Crippen LogP contribution is -2.06. The minimum absolute atomic E-state index is 0.0676. The van der Waals surface area contributed by atoms with Crippen molar-refractivity contribution in [1.29, 1.82) is 5.26 Å². The number of nitriles is 1. The van der Waals surface area contributed by atoms with Crippen LogP contribution in [0.5, 0.6) is 5.75 Å². The van der Waals surface area contributed by atoms with Crippen LogP contribution < -0.4 is 4.74 Å². The first-order valence-electron chi connectivity index (χ1n) is 5.05. The second-order valence-electron chi connectivity index (χ2n) is 3.31. The van der Waals surface area contributed by atoms with E-state index in [0.29, 0.717) is 13.0 Å². The maximum atomic E-state index is 8.78. The molecule has 0 radical (unpaired) electrons. The van der Waals surface area contributed by atoms with Crippen molar-refractivity contribution in [3.8, 4) is 11.8 Å². The Morgan fingerprint density at radius 1 is 1.33 bits per heavy atom. The van der Waals surface area contributed by atoms with Gasteiger partial charge >= 0.3 is 0 Å². The quantitative estimate of drug-likeness (QED) is 0.722. The SMILES string of the molecule is N#CC(CO)CCCOc1ccccc1. The summed E-state index contributed by atoms with van der Waals surface area (Å²) in [5.41, 5.74) is 0. The molecule has 80 valence electrons. The molecule has 0 bridgehead atoms. The highest BCUT2D eigenvalue weighted by molar-refractivity contribution is 5.20. The highest BCUT2D eigenvalue weighted by Gasteiger charge is 2.04. The molecule has 1 aromatic carbocycles. The van der Waals surface area contributed by atoms with E-state index in [1.54, 1.807) is 0 Å². The number of ether oxygens (including phenoxy) is 1. The second kappa shape index (κ2) is 6.86. The van der Waals surface area contributed by atoms with E-state index < -0.39 is 0 Å². The van der Waals surface area contributed by atoms with Crippen molar-refractivity contribution >= 4 is 0 Å². The average Bonchev–Trinajstić information content (AvgIpc) is 2.31. The molecule has 0 amide bonds. The van der Waals surface area contributed by atoms with Gasteiger partial charge in [-0.2, -0.15) is 5.26 Å². The standard InChI is InChI=1S/C12H15NO2/c13-9-11(10-14)5-4-8-15-12-6-2-1-3-7-12/h1-3,6-7,11,14H,4-5,8,10H2. The van der Waals surface area contributed by atoms with Gasteiger partial charge in [-0.1, -0.05) is 18.2 Å². The normalized spacial score (nSPS) is 11.7. The fourth-order valence-corrected chi connectivity index (χ4v) is 1.23. The Balaban J connectivity index is 2.15. The monoisotopic (exact) mass is 205 g/mol. The lowest BCUT2D eigenvalue weighted by atomic mass is 10.1.